The standard InChI is InChI=1S/C13H16ClN3/c1-2-3-13(4-5-13)9-16-12-7-10(8-15)6-11(14)17-12/h6-7H,2-5,9H2,1H3,(H,16,17). The molecule has 0 bridgehead atoms. The molecule has 17 heavy (non-hydrogen) atoms. The minimum absolute atomic E-state index is 0.367. The van der Waals surface area contributed by atoms with E-state index in [2.05, 4.69) is 23.3 Å². The maximum absolute atomic E-state index is 8.85. The van der Waals surface area contributed by atoms with Crippen molar-refractivity contribution in [1.29, 1.82) is 5.26 Å². The Morgan fingerprint density at radius 1 is 1.53 bits per heavy atom. The summed E-state index contributed by atoms with van der Waals surface area (Å²) in [7, 11) is 0. The van der Waals surface area contributed by atoms with E-state index in [0.717, 1.165) is 6.54 Å². The quantitative estimate of drug-likeness (QED) is 0.811. The lowest BCUT2D eigenvalue weighted by molar-refractivity contribution is 0.485. The fourth-order valence-corrected chi connectivity index (χ4v) is 2.36. The summed E-state index contributed by atoms with van der Waals surface area (Å²) >= 11 is 5.85. The third-order valence-electron chi connectivity index (χ3n) is 3.31. The number of aromatic nitrogens is 1. The lowest BCUT2D eigenvalue weighted by Crippen LogP contribution is -2.16. The normalized spacial score (nSPS) is 16.3. The van der Waals surface area contributed by atoms with E-state index in [4.69, 9.17) is 16.9 Å². The Morgan fingerprint density at radius 2 is 2.29 bits per heavy atom. The van der Waals surface area contributed by atoms with E-state index in [9.17, 15) is 0 Å². The number of hydrogen-bond donors (Lipinski definition) is 1. The fraction of sp³-hybridized carbons (Fsp3) is 0.538. The van der Waals surface area contributed by atoms with Gasteiger partial charge in [0, 0.05) is 6.54 Å². The van der Waals surface area contributed by atoms with Gasteiger partial charge < -0.3 is 5.32 Å². The summed E-state index contributed by atoms with van der Waals surface area (Å²) < 4.78 is 0. The number of pyridine rings is 1. The van der Waals surface area contributed by atoms with Gasteiger partial charge in [0.1, 0.15) is 11.0 Å². The molecule has 1 aliphatic carbocycles. The zero-order valence-corrected chi connectivity index (χ0v) is 10.7. The highest BCUT2D eigenvalue weighted by Crippen LogP contribution is 2.49. The van der Waals surface area contributed by atoms with Crippen molar-refractivity contribution in [3.63, 3.8) is 0 Å². The van der Waals surface area contributed by atoms with Gasteiger partial charge in [0.2, 0.25) is 0 Å². The molecule has 0 unspecified atom stereocenters. The zero-order chi connectivity index (χ0) is 12.3. The van der Waals surface area contributed by atoms with Crippen LogP contribution in [-0.4, -0.2) is 11.5 Å². The summed E-state index contributed by atoms with van der Waals surface area (Å²) in [5.74, 6) is 0.705. The van der Waals surface area contributed by atoms with Crippen molar-refractivity contribution >= 4 is 17.4 Å². The molecule has 0 spiro atoms. The second kappa shape index (κ2) is 4.93. The zero-order valence-electron chi connectivity index (χ0n) is 9.96. The monoisotopic (exact) mass is 249 g/mol. The van der Waals surface area contributed by atoms with E-state index >= 15 is 0 Å². The largest absolute Gasteiger partial charge is 0.369 e. The van der Waals surface area contributed by atoms with Crippen LogP contribution in [0.4, 0.5) is 5.82 Å². The minimum Gasteiger partial charge on any atom is -0.369 e. The molecule has 0 radical (unpaired) electrons. The average Bonchev–Trinajstić information content (AvgIpc) is 3.07. The number of nitrogens with one attached hydrogen (secondary N) is 1. The summed E-state index contributed by atoms with van der Waals surface area (Å²) in [5.41, 5.74) is 1.01. The fourth-order valence-electron chi connectivity index (χ4n) is 2.15. The Labute approximate surface area is 107 Å². The molecule has 1 aromatic heterocycles. The Hall–Kier alpha value is -1.27. The highest BCUT2D eigenvalue weighted by molar-refractivity contribution is 6.29. The van der Waals surface area contributed by atoms with E-state index < -0.39 is 0 Å². The number of anilines is 1. The summed E-state index contributed by atoms with van der Waals surface area (Å²) in [6, 6.07) is 5.40. The van der Waals surface area contributed by atoms with Gasteiger partial charge in [-0.2, -0.15) is 5.26 Å². The maximum atomic E-state index is 8.85. The van der Waals surface area contributed by atoms with Crippen molar-refractivity contribution in [1.82, 2.24) is 4.98 Å². The molecule has 1 N–H and O–H groups in total. The number of nitriles is 1. The third kappa shape index (κ3) is 3.10. The highest BCUT2D eigenvalue weighted by atomic mass is 35.5. The summed E-state index contributed by atoms with van der Waals surface area (Å²) in [5, 5.41) is 12.5. The number of hydrogen-bond acceptors (Lipinski definition) is 3. The van der Waals surface area contributed by atoms with Crippen molar-refractivity contribution in [2.45, 2.75) is 32.6 Å². The van der Waals surface area contributed by atoms with Crippen LogP contribution in [0.25, 0.3) is 0 Å². The van der Waals surface area contributed by atoms with Crippen LogP contribution in [0.15, 0.2) is 12.1 Å². The second-order valence-electron chi connectivity index (χ2n) is 4.78. The first-order valence-electron chi connectivity index (χ1n) is 5.99. The predicted molar refractivity (Wildman–Crippen MR) is 69.0 cm³/mol. The second-order valence-corrected chi connectivity index (χ2v) is 5.17. The topological polar surface area (TPSA) is 48.7 Å². The molecular weight excluding hydrogens is 234 g/mol. The minimum atomic E-state index is 0.367. The van der Waals surface area contributed by atoms with Gasteiger partial charge in [-0.05, 0) is 36.8 Å². The summed E-state index contributed by atoms with van der Waals surface area (Å²) in [6.45, 7) is 3.14. The number of halogens is 1. The lowest BCUT2D eigenvalue weighted by atomic mass is 10.0. The molecule has 0 aliphatic heterocycles. The average molecular weight is 250 g/mol. The first-order chi connectivity index (χ1) is 8.17. The van der Waals surface area contributed by atoms with Crippen LogP contribution in [0.3, 0.4) is 0 Å². The number of rotatable bonds is 5. The Bertz CT molecular complexity index is 446. The van der Waals surface area contributed by atoms with Gasteiger partial charge in [-0.3, -0.25) is 0 Å². The van der Waals surface area contributed by atoms with E-state index in [1.807, 2.05) is 0 Å². The molecule has 2 rings (SSSR count). The van der Waals surface area contributed by atoms with Crippen molar-refractivity contribution < 1.29 is 0 Å². The SMILES string of the molecule is CCCC1(CNc2cc(C#N)cc(Cl)n2)CC1. The summed E-state index contributed by atoms with van der Waals surface area (Å²) in [4.78, 5) is 4.18. The van der Waals surface area contributed by atoms with Crippen molar-refractivity contribution in [2.75, 3.05) is 11.9 Å². The third-order valence-corrected chi connectivity index (χ3v) is 3.50. The van der Waals surface area contributed by atoms with Gasteiger partial charge >= 0.3 is 0 Å². The van der Waals surface area contributed by atoms with Crippen LogP contribution in [0.5, 0.6) is 0 Å². The smallest absolute Gasteiger partial charge is 0.132 e. The van der Waals surface area contributed by atoms with Crippen LogP contribution in [0.2, 0.25) is 5.15 Å². The van der Waals surface area contributed by atoms with E-state index in [0.29, 0.717) is 21.9 Å². The van der Waals surface area contributed by atoms with E-state index in [-0.39, 0.29) is 0 Å². The first-order valence-corrected chi connectivity index (χ1v) is 6.37. The molecule has 1 heterocycles. The molecule has 1 aromatic rings. The van der Waals surface area contributed by atoms with Gasteiger partial charge in [0.15, 0.2) is 0 Å². The van der Waals surface area contributed by atoms with Gasteiger partial charge in [0.25, 0.3) is 0 Å². The molecule has 0 saturated heterocycles. The Balaban J connectivity index is 2.00. The molecule has 4 heteroatoms. The van der Waals surface area contributed by atoms with Crippen LogP contribution in [0, 0.1) is 16.7 Å². The van der Waals surface area contributed by atoms with Gasteiger partial charge in [-0.15, -0.1) is 0 Å². The van der Waals surface area contributed by atoms with Crippen LogP contribution >= 0.6 is 11.6 Å². The molecule has 0 atom stereocenters. The van der Waals surface area contributed by atoms with E-state index in [1.54, 1.807) is 12.1 Å². The number of nitrogens with zero attached hydrogens (tertiary/aromatic N) is 2. The molecule has 1 saturated carbocycles. The van der Waals surface area contributed by atoms with Gasteiger partial charge in [-0.25, -0.2) is 4.98 Å². The summed E-state index contributed by atoms with van der Waals surface area (Å²) in [6.07, 6.45) is 5.05. The van der Waals surface area contributed by atoms with Gasteiger partial charge in [-0.1, -0.05) is 24.9 Å². The van der Waals surface area contributed by atoms with Crippen molar-refractivity contribution in [3.8, 4) is 6.07 Å². The highest BCUT2D eigenvalue weighted by Gasteiger charge is 2.41. The molecule has 90 valence electrons. The Morgan fingerprint density at radius 3 is 2.88 bits per heavy atom. The van der Waals surface area contributed by atoms with Gasteiger partial charge in [0.05, 0.1) is 11.6 Å². The van der Waals surface area contributed by atoms with E-state index in [1.165, 1.54) is 25.7 Å². The molecule has 1 aliphatic rings. The Kier molecular flexibility index (Phi) is 3.54. The maximum Gasteiger partial charge on any atom is 0.132 e. The lowest BCUT2D eigenvalue weighted by Gasteiger charge is -2.15. The predicted octanol–water partition coefficient (Wildman–Crippen LogP) is 3.60. The molecule has 0 aromatic carbocycles. The van der Waals surface area contributed by atoms with Crippen molar-refractivity contribution in [2.24, 2.45) is 5.41 Å². The first kappa shape index (κ1) is 12.2. The molecular formula is C13H16ClN3. The molecule has 0 amide bonds. The van der Waals surface area contributed by atoms with Crippen LogP contribution in [0.1, 0.15) is 38.2 Å². The van der Waals surface area contributed by atoms with Crippen molar-refractivity contribution in [3.05, 3.63) is 22.8 Å². The van der Waals surface area contributed by atoms with Crippen LogP contribution in [-0.2, 0) is 0 Å². The van der Waals surface area contributed by atoms with Crippen LogP contribution < -0.4 is 5.32 Å². The molecule has 1 fully saturated rings. The molecule has 3 nitrogen and oxygen atoms in total.